The zero-order valence-corrected chi connectivity index (χ0v) is 12.1. The Labute approximate surface area is 122 Å². The molecule has 0 spiro atoms. The first-order valence-electron chi connectivity index (χ1n) is 6.06. The van der Waals surface area contributed by atoms with Crippen molar-refractivity contribution in [2.75, 3.05) is 25.2 Å². The van der Waals surface area contributed by atoms with Crippen molar-refractivity contribution in [2.24, 2.45) is 5.84 Å². The number of rotatable bonds is 8. The molecule has 0 atom stereocenters. The minimum absolute atomic E-state index is 0.219. The van der Waals surface area contributed by atoms with Crippen LogP contribution in [0.15, 0.2) is 24.3 Å². The van der Waals surface area contributed by atoms with Gasteiger partial charge in [-0.1, -0.05) is 12.1 Å². The second kappa shape index (κ2) is 9.22. The van der Waals surface area contributed by atoms with Crippen molar-refractivity contribution in [1.82, 2.24) is 5.43 Å². The van der Waals surface area contributed by atoms with Crippen LogP contribution in [0.5, 0.6) is 5.75 Å². The minimum Gasteiger partial charge on any atom is -0.492 e. The van der Waals surface area contributed by atoms with Crippen LogP contribution in [0.1, 0.15) is 16.8 Å². The lowest BCUT2D eigenvalue weighted by Crippen LogP contribution is -2.30. The molecule has 0 aliphatic carbocycles. The van der Waals surface area contributed by atoms with Crippen LogP contribution in [0, 0.1) is 0 Å². The van der Waals surface area contributed by atoms with Gasteiger partial charge in [-0.15, -0.1) is 0 Å². The molecule has 0 aliphatic rings. The van der Waals surface area contributed by atoms with Gasteiger partial charge in [0.2, 0.25) is 0 Å². The fourth-order valence-corrected chi connectivity index (χ4v) is 2.14. The van der Waals surface area contributed by atoms with Crippen LogP contribution in [-0.2, 0) is 9.53 Å². The van der Waals surface area contributed by atoms with Crippen LogP contribution in [-0.4, -0.2) is 37.1 Å². The molecule has 6 nitrogen and oxygen atoms in total. The number of methoxy groups -OCH3 is 1. The second-order valence-corrected chi connectivity index (χ2v) is 4.98. The summed E-state index contributed by atoms with van der Waals surface area (Å²) in [7, 11) is 1.37. The second-order valence-electron chi connectivity index (χ2n) is 3.76. The number of nitrogens with one attached hydrogen (secondary N) is 1. The van der Waals surface area contributed by atoms with Gasteiger partial charge in [0.1, 0.15) is 5.75 Å². The molecular formula is C13H18N2O4S. The Hall–Kier alpha value is -1.73. The number of ether oxygens (including phenoxy) is 2. The zero-order chi connectivity index (χ0) is 14.8. The molecule has 7 heteroatoms. The van der Waals surface area contributed by atoms with Crippen LogP contribution >= 0.6 is 11.8 Å². The van der Waals surface area contributed by atoms with E-state index in [-0.39, 0.29) is 11.9 Å². The molecule has 110 valence electrons. The number of para-hydroxylation sites is 1. The molecule has 0 saturated carbocycles. The summed E-state index contributed by atoms with van der Waals surface area (Å²) in [5.41, 5.74) is 2.47. The van der Waals surface area contributed by atoms with Crippen LogP contribution in [0.25, 0.3) is 0 Å². The maximum Gasteiger partial charge on any atom is 0.306 e. The van der Waals surface area contributed by atoms with Gasteiger partial charge in [0.25, 0.3) is 5.91 Å². The van der Waals surface area contributed by atoms with Crippen LogP contribution in [0.2, 0.25) is 0 Å². The largest absolute Gasteiger partial charge is 0.492 e. The first-order valence-corrected chi connectivity index (χ1v) is 7.22. The van der Waals surface area contributed by atoms with E-state index in [0.717, 1.165) is 5.75 Å². The van der Waals surface area contributed by atoms with E-state index in [1.807, 2.05) is 0 Å². The third-order valence-corrected chi connectivity index (χ3v) is 3.37. The number of amides is 1. The number of nitrogen functional groups attached to an aromatic ring is 1. The minimum atomic E-state index is -0.390. The summed E-state index contributed by atoms with van der Waals surface area (Å²) < 4.78 is 10.1. The number of thioether (sulfide) groups is 1. The summed E-state index contributed by atoms with van der Waals surface area (Å²) in [5.74, 6) is 6.39. The van der Waals surface area contributed by atoms with Gasteiger partial charge >= 0.3 is 5.97 Å². The van der Waals surface area contributed by atoms with Gasteiger partial charge in [-0.2, -0.15) is 11.8 Å². The van der Waals surface area contributed by atoms with Crippen molar-refractivity contribution in [3.05, 3.63) is 29.8 Å². The Morgan fingerprint density at radius 2 is 2.05 bits per heavy atom. The van der Waals surface area contributed by atoms with Gasteiger partial charge < -0.3 is 9.47 Å². The first kappa shape index (κ1) is 16.3. The summed E-state index contributed by atoms with van der Waals surface area (Å²) in [4.78, 5) is 22.4. The Kier molecular flexibility index (Phi) is 7.52. The highest BCUT2D eigenvalue weighted by Crippen LogP contribution is 2.18. The number of carbonyl (C=O) groups excluding carboxylic acids is 2. The lowest BCUT2D eigenvalue weighted by Gasteiger charge is -2.10. The van der Waals surface area contributed by atoms with Gasteiger partial charge in [0.15, 0.2) is 0 Å². The van der Waals surface area contributed by atoms with E-state index >= 15 is 0 Å². The normalized spacial score (nSPS) is 9.90. The van der Waals surface area contributed by atoms with E-state index in [1.165, 1.54) is 7.11 Å². The maximum absolute atomic E-state index is 11.5. The molecule has 1 rings (SSSR count). The summed E-state index contributed by atoms with van der Waals surface area (Å²) >= 11 is 1.59. The standard InChI is InChI=1S/C13H18N2O4S/c1-18-12(16)6-8-20-9-7-19-11-5-3-2-4-10(11)13(17)15-14/h2-5H,6-9,14H2,1H3,(H,15,17). The fraction of sp³-hybridized carbons (Fsp3) is 0.385. The quantitative estimate of drug-likeness (QED) is 0.244. The van der Waals surface area contributed by atoms with E-state index in [9.17, 15) is 9.59 Å². The third-order valence-electron chi connectivity index (χ3n) is 2.43. The molecule has 0 aliphatic heterocycles. The number of benzene rings is 1. The average molecular weight is 298 g/mol. The molecule has 1 aromatic rings. The van der Waals surface area contributed by atoms with Gasteiger partial charge in [-0.25, -0.2) is 5.84 Å². The van der Waals surface area contributed by atoms with Gasteiger partial charge in [-0.3, -0.25) is 15.0 Å². The lowest BCUT2D eigenvalue weighted by atomic mass is 10.2. The molecule has 0 saturated heterocycles. The van der Waals surface area contributed by atoms with E-state index < -0.39 is 0 Å². The highest BCUT2D eigenvalue weighted by Gasteiger charge is 2.10. The molecule has 1 amide bonds. The Morgan fingerprint density at radius 1 is 1.30 bits per heavy atom. The predicted octanol–water partition coefficient (Wildman–Crippen LogP) is 0.965. The van der Waals surface area contributed by atoms with Crippen molar-refractivity contribution >= 4 is 23.6 Å². The van der Waals surface area contributed by atoms with E-state index in [0.29, 0.717) is 30.1 Å². The molecule has 0 unspecified atom stereocenters. The van der Waals surface area contributed by atoms with E-state index in [1.54, 1.807) is 36.0 Å². The van der Waals surface area contributed by atoms with E-state index in [4.69, 9.17) is 10.6 Å². The number of nitrogens with two attached hydrogens (primary N) is 1. The number of carbonyl (C=O) groups is 2. The highest BCUT2D eigenvalue weighted by molar-refractivity contribution is 7.99. The number of esters is 1. The molecule has 0 radical (unpaired) electrons. The molecule has 3 N–H and O–H groups in total. The smallest absolute Gasteiger partial charge is 0.306 e. The van der Waals surface area contributed by atoms with Crippen molar-refractivity contribution in [1.29, 1.82) is 0 Å². The molecule has 0 heterocycles. The average Bonchev–Trinajstić information content (AvgIpc) is 2.50. The van der Waals surface area contributed by atoms with E-state index in [2.05, 4.69) is 10.2 Å². The third kappa shape index (κ3) is 5.50. The predicted molar refractivity (Wildman–Crippen MR) is 77.5 cm³/mol. The molecule has 0 bridgehead atoms. The Morgan fingerprint density at radius 3 is 2.75 bits per heavy atom. The maximum atomic E-state index is 11.5. The van der Waals surface area contributed by atoms with Crippen molar-refractivity contribution < 1.29 is 19.1 Å². The summed E-state index contributed by atoms with van der Waals surface area (Å²) in [6.45, 7) is 0.445. The number of hydrogen-bond donors (Lipinski definition) is 2. The summed E-state index contributed by atoms with van der Waals surface area (Å²) in [5, 5.41) is 0. The first-order chi connectivity index (χ1) is 9.69. The van der Waals surface area contributed by atoms with Crippen molar-refractivity contribution in [2.45, 2.75) is 6.42 Å². The fourth-order valence-electron chi connectivity index (χ4n) is 1.43. The van der Waals surface area contributed by atoms with Gasteiger partial charge in [0, 0.05) is 11.5 Å². The Balaban J connectivity index is 2.32. The van der Waals surface area contributed by atoms with Gasteiger partial charge in [-0.05, 0) is 12.1 Å². The monoisotopic (exact) mass is 298 g/mol. The SMILES string of the molecule is COC(=O)CCSCCOc1ccccc1C(=O)NN. The molecule has 20 heavy (non-hydrogen) atoms. The topological polar surface area (TPSA) is 90.6 Å². The Bertz CT molecular complexity index is 454. The zero-order valence-electron chi connectivity index (χ0n) is 11.3. The van der Waals surface area contributed by atoms with Crippen LogP contribution in [0.4, 0.5) is 0 Å². The number of hydrazine groups is 1. The van der Waals surface area contributed by atoms with Crippen LogP contribution < -0.4 is 16.0 Å². The lowest BCUT2D eigenvalue weighted by molar-refractivity contribution is -0.140. The summed E-state index contributed by atoms with van der Waals surface area (Å²) in [6.07, 6.45) is 0.382. The van der Waals surface area contributed by atoms with Crippen molar-refractivity contribution in [3.63, 3.8) is 0 Å². The molecule has 0 fully saturated rings. The van der Waals surface area contributed by atoms with Crippen molar-refractivity contribution in [3.8, 4) is 5.75 Å². The molecular weight excluding hydrogens is 280 g/mol. The van der Waals surface area contributed by atoms with Crippen LogP contribution in [0.3, 0.4) is 0 Å². The summed E-state index contributed by atoms with van der Waals surface area (Å²) in [6, 6.07) is 6.88. The van der Waals surface area contributed by atoms with Gasteiger partial charge in [0.05, 0.1) is 25.7 Å². The molecule has 1 aromatic carbocycles. The highest BCUT2D eigenvalue weighted by atomic mass is 32.2. The number of hydrogen-bond acceptors (Lipinski definition) is 6. The molecule has 0 aromatic heterocycles.